The molecule has 1 aliphatic carbocycles. The standard InChI is InChI=1S/C13H13N3O2/c17-11-7-9-3-1-2-4-10(9)12(11)15-13(18)16-6-5-14-8-16/h1-6,8,11-12,17H,7H2,(H,15,18)/t11-,12+/m0/s1. The Bertz CT molecular complexity index is 565. The Morgan fingerprint density at radius 3 is 3.06 bits per heavy atom. The summed E-state index contributed by atoms with van der Waals surface area (Å²) < 4.78 is 1.35. The van der Waals surface area contributed by atoms with Gasteiger partial charge in [0.2, 0.25) is 0 Å². The fourth-order valence-electron chi connectivity index (χ4n) is 2.33. The van der Waals surface area contributed by atoms with Gasteiger partial charge >= 0.3 is 6.03 Å². The average Bonchev–Trinajstić information content (AvgIpc) is 2.98. The number of benzene rings is 1. The van der Waals surface area contributed by atoms with Gasteiger partial charge in [0, 0.05) is 18.8 Å². The zero-order valence-corrected chi connectivity index (χ0v) is 9.65. The molecule has 0 saturated heterocycles. The number of amides is 1. The minimum absolute atomic E-state index is 0.284. The molecule has 1 aromatic carbocycles. The quantitative estimate of drug-likeness (QED) is 0.788. The molecule has 18 heavy (non-hydrogen) atoms. The largest absolute Gasteiger partial charge is 0.390 e. The second-order valence-corrected chi connectivity index (χ2v) is 4.37. The number of rotatable bonds is 1. The molecule has 0 bridgehead atoms. The molecule has 0 radical (unpaired) electrons. The van der Waals surface area contributed by atoms with Crippen LogP contribution in [0, 0.1) is 0 Å². The van der Waals surface area contributed by atoms with Crippen molar-refractivity contribution in [2.75, 3.05) is 0 Å². The van der Waals surface area contributed by atoms with E-state index in [9.17, 15) is 9.90 Å². The van der Waals surface area contributed by atoms with Crippen LogP contribution in [0.3, 0.4) is 0 Å². The van der Waals surface area contributed by atoms with Gasteiger partial charge < -0.3 is 10.4 Å². The Morgan fingerprint density at radius 1 is 1.44 bits per heavy atom. The number of nitrogens with one attached hydrogen (secondary N) is 1. The van der Waals surface area contributed by atoms with Crippen LogP contribution in [-0.2, 0) is 6.42 Å². The highest BCUT2D eigenvalue weighted by atomic mass is 16.3. The number of aliphatic hydroxyl groups is 1. The van der Waals surface area contributed by atoms with E-state index in [4.69, 9.17) is 0 Å². The van der Waals surface area contributed by atoms with Crippen LogP contribution < -0.4 is 5.32 Å². The number of fused-ring (bicyclic) bond motifs is 1. The normalized spacial score (nSPS) is 21.6. The molecule has 92 valence electrons. The van der Waals surface area contributed by atoms with Crippen LogP contribution in [-0.4, -0.2) is 26.8 Å². The summed E-state index contributed by atoms with van der Waals surface area (Å²) in [5, 5.41) is 12.8. The van der Waals surface area contributed by atoms with Gasteiger partial charge in [-0.15, -0.1) is 0 Å². The van der Waals surface area contributed by atoms with Gasteiger partial charge in [-0.25, -0.2) is 9.78 Å². The predicted molar refractivity (Wildman–Crippen MR) is 65.1 cm³/mol. The molecule has 0 spiro atoms. The Labute approximate surface area is 104 Å². The number of carbonyl (C=O) groups is 1. The van der Waals surface area contributed by atoms with E-state index in [1.165, 1.54) is 10.9 Å². The van der Waals surface area contributed by atoms with E-state index in [0.29, 0.717) is 6.42 Å². The van der Waals surface area contributed by atoms with Gasteiger partial charge in [0.05, 0.1) is 12.1 Å². The molecule has 3 rings (SSSR count). The lowest BCUT2D eigenvalue weighted by molar-refractivity contribution is 0.142. The van der Waals surface area contributed by atoms with Crippen LogP contribution in [0.4, 0.5) is 4.79 Å². The Morgan fingerprint density at radius 2 is 2.28 bits per heavy atom. The van der Waals surface area contributed by atoms with Crippen molar-refractivity contribution in [3.05, 3.63) is 54.1 Å². The molecular formula is C13H13N3O2. The van der Waals surface area contributed by atoms with E-state index in [1.54, 1.807) is 12.4 Å². The number of aliphatic hydroxyl groups excluding tert-OH is 1. The smallest absolute Gasteiger partial charge is 0.327 e. The van der Waals surface area contributed by atoms with Crippen molar-refractivity contribution in [2.45, 2.75) is 18.6 Å². The highest BCUT2D eigenvalue weighted by Gasteiger charge is 2.31. The first kappa shape index (κ1) is 11.0. The van der Waals surface area contributed by atoms with Gasteiger partial charge in [0.25, 0.3) is 0 Å². The maximum atomic E-state index is 11.9. The number of hydrogen-bond acceptors (Lipinski definition) is 3. The van der Waals surface area contributed by atoms with E-state index in [-0.39, 0.29) is 12.1 Å². The molecule has 1 aromatic heterocycles. The molecule has 0 fully saturated rings. The SMILES string of the molecule is O=C(N[C@@H]1c2ccccc2C[C@@H]1O)n1ccnc1. The summed E-state index contributed by atoms with van der Waals surface area (Å²) >= 11 is 0. The maximum absolute atomic E-state index is 11.9. The first-order valence-electron chi connectivity index (χ1n) is 5.80. The van der Waals surface area contributed by atoms with Crippen LogP contribution in [0.15, 0.2) is 43.0 Å². The zero-order valence-electron chi connectivity index (χ0n) is 9.65. The molecule has 2 N–H and O–H groups in total. The Balaban J connectivity index is 1.83. The molecule has 1 amide bonds. The summed E-state index contributed by atoms with van der Waals surface area (Å²) in [5.74, 6) is 0. The Kier molecular flexibility index (Phi) is 2.60. The van der Waals surface area contributed by atoms with Crippen LogP contribution in [0.2, 0.25) is 0 Å². The molecule has 5 nitrogen and oxygen atoms in total. The monoisotopic (exact) mass is 243 g/mol. The third-order valence-corrected chi connectivity index (χ3v) is 3.22. The fourth-order valence-corrected chi connectivity index (χ4v) is 2.33. The molecule has 0 unspecified atom stereocenters. The molecule has 1 aliphatic rings. The van der Waals surface area contributed by atoms with E-state index in [0.717, 1.165) is 11.1 Å². The number of nitrogens with zero attached hydrogens (tertiary/aromatic N) is 2. The van der Waals surface area contributed by atoms with Crippen molar-refractivity contribution in [3.63, 3.8) is 0 Å². The first-order chi connectivity index (χ1) is 8.75. The lowest BCUT2D eigenvalue weighted by Crippen LogP contribution is -2.36. The summed E-state index contributed by atoms with van der Waals surface area (Å²) in [6, 6.07) is 7.12. The summed E-state index contributed by atoms with van der Waals surface area (Å²) in [5.41, 5.74) is 2.07. The van der Waals surface area contributed by atoms with Crippen molar-refractivity contribution >= 4 is 6.03 Å². The second kappa shape index (κ2) is 4.27. The lowest BCUT2D eigenvalue weighted by atomic mass is 10.1. The molecule has 0 aliphatic heterocycles. The molecule has 2 aromatic rings. The summed E-state index contributed by atoms with van der Waals surface area (Å²) in [7, 11) is 0. The van der Waals surface area contributed by atoms with Crippen LogP contribution in [0.5, 0.6) is 0 Å². The average molecular weight is 243 g/mol. The number of imidazole rings is 1. The number of aromatic nitrogens is 2. The van der Waals surface area contributed by atoms with Crippen LogP contribution >= 0.6 is 0 Å². The van der Waals surface area contributed by atoms with E-state index < -0.39 is 6.10 Å². The topological polar surface area (TPSA) is 67.2 Å². The lowest BCUT2D eigenvalue weighted by Gasteiger charge is -2.17. The molecule has 1 heterocycles. The van der Waals surface area contributed by atoms with Crippen molar-refractivity contribution in [1.29, 1.82) is 0 Å². The van der Waals surface area contributed by atoms with Gasteiger partial charge in [0.1, 0.15) is 6.33 Å². The van der Waals surface area contributed by atoms with Gasteiger partial charge in [-0.2, -0.15) is 0 Å². The third-order valence-electron chi connectivity index (χ3n) is 3.22. The maximum Gasteiger partial charge on any atom is 0.327 e. The zero-order chi connectivity index (χ0) is 12.5. The third kappa shape index (κ3) is 1.78. The molecular weight excluding hydrogens is 230 g/mol. The second-order valence-electron chi connectivity index (χ2n) is 4.37. The minimum Gasteiger partial charge on any atom is -0.390 e. The van der Waals surface area contributed by atoms with E-state index in [2.05, 4.69) is 10.3 Å². The van der Waals surface area contributed by atoms with Crippen LogP contribution in [0.1, 0.15) is 17.2 Å². The first-order valence-corrected chi connectivity index (χ1v) is 5.80. The van der Waals surface area contributed by atoms with E-state index in [1.807, 2.05) is 24.3 Å². The van der Waals surface area contributed by atoms with Gasteiger partial charge in [-0.3, -0.25) is 4.57 Å². The molecule has 0 saturated carbocycles. The van der Waals surface area contributed by atoms with Gasteiger partial charge in [0.15, 0.2) is 0 Å². The number of hydrogen-bond donors (Lipinski definition) is 2. The van der Waals surface area contributed by atoms with E-state index >= 15 is 0 Å². The van der Waals surface area contributed by atoms with Crippen molar-refractivity contribution in [3.8, 4) is 0 Å². The van der Waals surface area contributed by atoms with Crippen molar-refractivity contribution in [2.24, 2.45) is 0 Å². The minimum atomic E-state index is -0.574. The van der Waals surface area contributed by atoms with Crippen molar-refractivity contribution in [1.82, 2.24) is 14.9 Å². The summed E-state index contributed by atoms with van der Waals surface area (Å²) in [6.07, 6.45) is 4.55. The summed E-state index contributed by atoms with van der Waals surface area (Å²) in [6.45, 7) is 0. The molecule has 5 heteroatoms. The highest BCUT2D eigenvalue weighted by Crippen LogP contribution is 2.31. The number of carbonyl (C=O) groups excluding carboxylic acids is 1. The molecule has 2 atom stereocenters. The highest BCUT2D eigenvalue weighted by molar-refractivity contribution is 5.77. The Hall–Kier alpha value is -2.14. The fraction of sp³-hybridized carbons (Fsp3) is 0.231. The predicted octanol–water partition coefficient (Wildman–Crippen LogP) is 1.10. The van der Waals surface area contributed by atoms with Gasteiger partial charge in [-0.05, 0) is 11.1 Å². The summed E-state index contributed by atoms with van der Waals surface area (Å²) in [4.78, 5) is 15.7. The van der Waals surface area contributed by atoms with Crippen molar-refractivity contribution < 1.29 is 9.90 Å². The van der Waals surface area contributed by atoms with Gasteiger partial charge in [-0.1, -0.05) is 24.3 Å². The van der Waals surface area contributed by atoms with Crippen LogP contribution in [0.25, 0.3) is 0 Å².